The lowest BCUT2D eigenvalue weighted by atomic mass is 10.1. The van der Waals surface area contributed by atoms with E-state index in [0.29, 0.717) is 28.6 Å². The summed E-state index contributed by atoms with van der Waals surface area (Å²) < 4.78 is 21.4. The van der Waals surface area contributed by atoms with Crippen molar-refractivity contribution in [3.8, 4) is 23.0 Å². The third kappa shape index (κ3) is 3.46. The molecule has 2 aromatic carbocycles. The molecular weight excluding hydrogens is 352 g/mol. The molecule has 0 aliphatic carbocycles. The van der Waals surface area contributed by atoms with Crippen molar-refractivity contribution in [2.75, 3.05) is 32.0 Å². The summed E-state index contributed by atoms with van der Waals surface area (Å²) >= 11 is 0. The molecule has 1 unspecified atom stereocenters. The number of rotatable bonds is 5. The number of fused-ring (bicyclic) bond motifs is 1. The number of hydrogen-bond donors (Lipinski definition) is 2. The Kier molecular flexibility index (Phi) is 5.07. The van der Waals surface area contributed by atoms with E-state index in [1.54, 1.807) is 37.3 Å². The minimum Gasteiger partial charge on any atom is -0.493 e. The zero-order valence-electron chi connectivity index (χ0n) is 15.4. The second-order valence-corrected chi connectivity index (χ2v) is 5.80. The molecule has 1 heterocycles. The van der Waals surface area contributed by atoms with Gasteiger partial charge in [-0.15, -0.1) is 0 Å². The van der Waals surface area contributed by atoms with Gasteiger partial charge in [0.25, 0.3) is 11.8 Å². The van der Waals surface area contributed by atoms with Crippen molar-refractivity contribution in [2.24, 2.45) is 0 Å². The van der Waals surface area contributed by atoms with Crippen LogP contribution in [0.25, 0.3) is 0 Å². The monoisotopic (exact) mass is 372 g/mol. The number of methoxy groups -OCH3 is 3. The maximum atomic E-state index is 12.7. The van der Waals surface area contributed by atoms with E-state index < -0.39 is 12.0 Å². The van der Waals surface area contributed by atoms with E-state index in [1.807, 2.05) is 0 Å². The molecule has 0 fully saturated rings. The average molecular weight is 372 g/mol. The second kappa shape index (κ2) is 7.45. The lowest BCUT2D eigenvalue weighted by molar-refractivity contribution is -0.122. The van der Waals surface area contributed by atoms with Crippen LogP contribution in [-0.2, 0) is 4.79 Å². The molecule has 0 spiro atoms. The highest BCUT2D eigenvalue weighted by molar-refractivity contribution is 6.07. The Morgan fingerprint density at radius 1 is 1.07 bits per heavy atom. The number of amides is 2. The molecular formula is C19H20N2O6. The Hall–Kier alpha value is -3.42. The molecule has 2 amide bonds. The predicted molar refractivity (Wildman–Crippen MR) is 99.2 cm³/mol. The molecule has 0 bridgehead atoms. The molecule has 1 aliphatic rings. The number of hydrogen-bond acceptors (Lipinski definition) is 6. The highest BCUT2D eigenvalue weighted by atomic mass is 16.5. The van der Waals surface area contributed by atoms with Crippen LogP contribution in [0.4, 0.5) is 11.4 Å². The zero-order valence-corrected chi connectivity index (χ0v) is 15.4. The predicted octanol–water partition coefficient (Wildman–Crippen LogP) is 2.68. The van der Waals surface area contributed by atoms with Crippen LogP contribution in [0, 0.1) is 0 Å². The minimum absolute atomic E-state index is 0.243. The van der Waals surface area contributed by atoms with Crippen LogP contribution in [0.2, 0.25) is 0 Å². The van der Waals surface area contributed by atoms with Gasteiger partial charge in [0, 0.05) is 5.69 Å². The number of carbonyl (C=O) groups is 2. The number of ether oxygens (including phenoxy) is 4. The third-order valence-corrected chi connectivity index (χ3v) is 4.12. The van der Waals surface area contributed by atoms with Crippen LogP contribution in [0.3, 0.4) is 0 Å². The van der Waals surface area contributed by atoms with Crippen molar-refractivity contribution in [2.45, 2.75) is 13.0 Å². The van der Waals surface area contributed by atoms with Crippen molar-refractivity contribution in [3.05, 3.63) is 35.9 Å². The smallest absolute Gasteiger partial charge is 0.265 e. The van der Waals surface area contributed by atoms with Crippen molar-refractivity contribution in [3.63, 3.8) is 0 Å². The van der Waals surface area contributed by atoms with Gasteiger partial charge in [-0.1, -0.05) is 0 Å². The summed E-state index contributed by atoms with van der Waals surface area (Å²) in [5.74, 6) is 0.944. The van der Waals surface area contributed by atoms with Crippen LogP contribution >= 0.6 is 0 Å². The van der Waals surface area contributed by atoms with Gasteiger partial charge in [0.15, 0.2) is 17.6 Å². The molecule has 1 atom stereocenters. The van der Waals surface area contributed by atoms with Gasteiger partial charge in [0.05, 0.1) is 32.6 Å². The van der Waals surface area contributed by atoms with Crippen molar-refractivity contribution < 1.29 is 28.5 Å². The summed E-state index contributed by atoms with van der Waals surface area (Å²) in [6, 6.07) is 8.21. The van der Waals surface area contributed by atoms with E-state index in [0.717, 1.165) is 0 Å². The topological polar surface area (TPSA) is 95.1 Å². The summed E-state index contributed by atoms with van der Waals surface area (Å²) in [4.78, 5) is 24.5. The Labute approximate surface area is 156 Å². The molecule has 8 nitrogen and oxygen atoms in total. The van der Waals surface area contributed by atoms with Gasteiger partial charge in [-0.2, -0.15) is 0 Å². The van der Waals surface area contributed by atoms with E-state index in [9.17, 15) is 9.59 Å². The molecule has 2 aromatic rings. The Morgan fingerprint density at radius 3 is 2.48 bits per heavy atom. The highest BCUT2D eigenvalue weighted by Gasteiger charge is 2.24. The number of carbonyl (C=O) groups excluding carboxylic acids is 2. The first-order valence-electron chi connectivity index (χ1n) is 8.20. The molecule has 1 aliphatic heterocycles. The Bertz CT molecular complexity index is 896. The highest BCUT2D eigenvalue weighted by Crippen LogP contribution is 2.40. The van der Waals surface area contributed by atoms with Gasteiger partial charge in [-0.25, -0.2) is 0 Å². The van der Waals surface area contributed by atoms with E-state index in [4.69, 9.17) is 18.9 Å². The van der Waals surface area contributed by atoms with Crippen LogP contribution < -0.4 is 29.6 Å². The Balaban J connectivity index is 1.88. The van der Waals surface area contributed by atoms with Crippen molar-refractivity contribution >= 4 is 23.2 Å². The van der Waals surface area contributed by atoms with Crippen LogP contribution in [-0.4, -0.2) is 39.2 Å². The van der Waals surface area contributed by atoms with Gasteiger partial charge in [-0.05, 0) is 37.3 Å². The van der Waals surface area contributed by atoms with Gasteiger partial charge in [0.1, 0.15) is 5.75 Å². The summed E-state index contributed by atoms with van der Waals surface area (Å²) in [6.07, 6.45) is -0.561. The maximum Gasteiger partial charge on any atom is 0.265 e. The van der Waals surface area contributed by atoms with E-state index >= 15 is 0 Å². The van der Waals surface area contributed by atoms with Crippen molar-refractivity contribution in [1.82, 2.24) is 0 Å². The van der Waals surface area contributed by atoms with Crippen LogP contribution in [0.15, 0.2) is 30.3 Å². The van der Waals surface area contributed by atoms with Crippen LogP contribution in [0.5, 0.6) is 23.0 Å². The Morgan fingerprint density at radius 2 is 1.81 bits per heavy atom. The maximum absolute atomic E-state index is 12.7. The summed E-state index contributed by atoms with van der Waals surface area (Å²) in [5, 5.41) is 5.52. The summed E-state index contributed by atoms with van der Waals surface area (Å²) in [5.41, 5.74) is 1.27. The fourth-order valence-electron chi connectivity index (χ4n) is 2.77. The quantitative estimate of drug-likeness (QED) is 0.838. The molecule has 0 aromatic heterocycles. The lowest BCUT2D eigenvalue weighted by Crippen LogP contribution is -2.34. The second-order valence-electron chi connectivity index (χ2n) is 5.80. The largest absolute Gasteiger partial charge is 0.493 e. The lowest BCUT2D eigenvalue weighted by Gasteiger charge is -2.23. The molecule has 0 saturated heterocycles. The summed E-state index contributed by atoms with van der Waals surface area (Å²) in [6.45, 7) is 1.66. The first-order chi connectivity index (χ1) is 13.0. The van der Waals surface area contributed by atoms with Crippen LogP contribution in [0.1, 0.15) is 17.3 Å². The molecule has 8 heteroatoms. The fraction of sp³-hybridized carbons (Fsp3) is 0.263. The molecule has 0 saturated carbocycles. The molecule has 2 N–H and O–H groups in total. The number of anilines is 2. The van der Waals surface area contributed by atoms with E-state index in [1.165, 1.54) is 21.3 Å². The number of benzene rings is 2. The normalized spacial score (nSPS) is 15.1. The minimum atomic E-state index is -0.561. The SMILES string of the molecule is COc1ccc(C(=O)Nc2ccc3c(c2)NC(=O)C(C)O3)c(OC)c1OC. The molecule has 27 heavy (non-hydrogen) atoms. The van der Waals surface area contributed by atoms with Gasteiger partial charge in [0.2, 0.25) is 5.75 Å². The first kappa shape index (κ1) is 18.4. The fourth-order valence-corrected chi connectivity index (χ4v) is 2.77. The van der Waals surface area contributed by atoms with Gasteiger partial charge < -0.3 is 29.6 Å². The molecule has 3 rings (SSSR count). The van der Waals surface area contributed by atoms with Gasteiger partial charge in [-0.3, -0.25) is 9.59 Å². The standard InChI is InChI=1S/C19H20N2O6/c1-10-18(22)21-13-9-11(5-7-14(13)27-10)20-19(23)12-6-8-15(24-2)17(26-4)16(12)25-3/h5-10H,1-4H3,(H,20,23)(H,21,22). The number of nitrogens with one attached hydrogen (secondary N) is 2. The average Bonchev–Trinajstić information content (AvgIpc) is 2.67. The van der Waals surface area contributed by atoms with Gasteiger partial charge >= 0.3 is 0 Å². The molecule has 0 radical (unpaired) electrons. The van der Waals surface area contributed by atoms with E-state index in [-0.39, 0.29) is 17.2 Å². The summed E-state index contributed by atoms with van der Waals surface area (Å²) in [7, 11) is 4.41. The zero-order chi connectivity index (χ0) is 19.6. The third-order valence-electron chi connectivity index (χ3n) is 4.12. The van der Waals surface area contributed by atoms with E-state index in [2.05, 4.69) is 10.6 Å². The molecule has 142 valence electrons. The first-order valence-corrected chi connectivity index (χ1v) is 8.20. The van der Waals surface area contributed by atoms with Crippen molar-refractivity contribution in [1.29, 1.82) is 0 Å².